The second kappa shape index (κ2) is 6.27. The number of rotatable bonds is 5. The van der Waals surface area contributed by atoms with Gasteiger partial charge in [0, 0.05) is 11.6 Å². The smallest absolute Gasteiger partial charge is 0.323 e. The Bertz CT molecular complexity index is 480. The molecule has 0 aliphatic rings. The molecule has 0 aromatic heterocycles. The van der Waals surface area contributed by atoms with E-state index in [0.29, 0.717) is 28.7 Å². The molecule has 1 N–H and O–H groups in total. The summed E-state index contributed by atoms with van der Waals surface area (Å²) in [6.45, 7) is 4.44. The summed E-state index contributed by atoms with van der Waals surface area (Å²) in [7, 11) is 0. The third-order valence-corrected chi connectivity index (χ3v) is 2.57. The molecule has 1 aromatic rings. The molecule has 1 aromatic carbocycles. The van der Waals surface area contributed by atoms with Gasteiger partial charge in [0.2, 0.25) is 0 Å². The molecule has 0 unspecified atom stereocenters. The Morgan fingerprint density at radius 1 is 1.56 bits per heavy atom. The number of carboxylic acid groups (broad SMARTS) is 1. The number of halogens is 1. The quantitative estimate of drug-likeness (QED) is 0.890. The molecule has 0 aliphatic carbocycles. The van der Waals surface area contributed by atoms with E-state index in [0.717, 1.165) is 0 Å². The maximum atomic E-state index is 10.9. The molecule has 0 atom stereocenters. The van der Waals surface area contributed by atoms with Gasteiger partial charge < -0.3 is 10.0 Å². The van der Waals surface area contributed by atoms with Crippen molar-refractivity contribution in [3.63, 3.8) is 0 Å². The highest BCUT2D eigenvalue weighted by Gasteiger charge is 2.16. The average molecular weight is 267 g/mol. The van der Waals surface area contributed by atoms with Gasteiger partial charge in [0.15, 0.2) is 0 Å². The Labute approximate surface area is 111 Å². The highest BCUT2D eigenvalue weighted by molar-refractivity contribution is 6.30. The summed E-state index contributed by atoms with van der Waals surface area (Å²) in [5, 5.41) is 18.5. The number of hydrogen-bond acceptors (Lipinski definition) is 3. The summed E-state index contributed by atoms with van der Waals surface area (Å²) in [5.74, 6) is -0.624. The van der Waals surface area contributed by atoms with Crippen molar-refractivity contribution in [2.24, 2.45) is 5.92 Å². The minimum absolute atomic E-state index is 0.130. The van der Waals surface area contributed by atoms with Gasteiger partial charge in [0.25, 0.3) is 0 Å². The van der Waals surface area contributed by atoms with Crippen LogP contribution in [0.2, 0.25) is 5.02 Å². The van der Waals surface area contributed by atoms with Crippen molar-refractivity contribution >= 4 is 23.3 Å². The monoisotopic (exact) mass is 266 g/mol. The van der Waals surface area contributed by atoms with E-state index in [1.165, 1.54) is 0 Å². The second-order valence-electron chi connectivity index (χ2n) is 4.44. The van der Waals surface area contributed by atoms with Gasteiger partial charge >= 0.3 is 5.97 Å². The van der Waals surface area contributed by atoms with E-state index in [4.69, 9.17) is 22.0 Å². The molecule has 0 fully saturated rings. The van der Waals surface area contributed by atoms with Gasteiger partial charge in [0.1, 0.15) is 12.6 Å². The lowest BCUT2D eigenvalue weighted by atomic mass is 10.1. The summed E-state index contributed by atoms with van der Waals surface area (Å²) < 4.78 is 0. The normalized spacial score (nSPS) is 10.2. The van der Waals surface area contributed by atoms with Crippen LogP contribution in [0.15, 0.2) is 18.2 Å². The van der Waals surface area contributed by atoms with E-state index in [1.54, 1.807) is 23.1 Å². The molecular formula is C13H15ClN2O2. The van der Waals surface area contributed by atoms with Crippen molar-refractivity contribution in [3.05, 3.63) is 28.8 Å². The van der Waals surface area contributed by atoms with E-state index in [-0.39, 0.29) is 6.54 Å². The molecule has 0 heterocycles. The first-order valence-electron chi connectivity index (χ1n) is 5.60. The van der Waals surface area contributed by atoms with Crippen LogP contribution < -0.4 is 4.90 Å². The fourth-order valence-corrected chi connectivity index (χ4v) is 1.90. The molecule has 4 nitrogen and oxygen atoms in total. The number of aliphatic carboxylic acids is 1. The van der Waals surface area contributed by atoms with Crippen molar-refractivity contribution in [3.8, 4) is 6.07 Å². The van der Waals surface area contributed by atoms with Crippen molar-refractivity contribution in [1.29, 1.82) is 5.26 Å². The van der Waals surface area contributed by atoms with E-state index in [2.05, 4.69) is 0 Å². The minimum atomic E-state index is -0.922. The minimum Gasteiger partial charge on any atom is -0.480 e. The standard InChI is InChI=1S/C13H15ClN2O2/c1-9(2)7-16(8-13(17)18)12-4-3-11(14)5-10(12)6-15/h3-5,9H,7-8H2,1-2H3,(H,17,18). The maximum Gasteiger partial charge on any atom is 0.323 e. The number of nitrogens with zero attached hydrogens (tertiary/aromatic N) is 2. The van der Waals surface area contributed by atoms with Crippen LogP contribution in [0.1, 0.15) is 19.4 Å². The van der Waals surface area contributed by atoms with Gasteiger partial charge in [-0.3, -0.25) is 4.79 Å². The van der Waals surface area contributed by atoms with Gasteiger partial charge in [0.05, 0.1) is 11.3 Å². The van der Waals surface area contributed by atoms with Gasteiger partial charge in [-0.05, 0) is 24.1 Å². The Morgan fingerprint density at radius 3 is 2.72 bits per heavy atom. The molecule has 0 spiro atoms. The fourth-order valence-electron chi connectivity index (χ4n) is 1.73. The van der Waals surface area contributed by atoms with Crippen molar-refractivity contribution < 1.29 is 9.90 Å². The first-order valence-corrected chi connectivity index (χ1v) is 5.98. The topological polar surface area (TPSA) is 64.3 Å². The van der Waals surface area contributed by atoms with Gasteiger partial charge in [-0.1, -0.05) is 25.4 Å². The molecule has 0 saturated carbocycles. The van der Waals surface area contributed by atoms with Crippen LogP contribution in [0.25, 0.3) is 0 Å². The molecule has 0 saturated heterocycles. The number of anilines is 1. The molecule has 0 aliphatic heterocycles. The number of hydrogen-bond donors (Lipinski definition) is 1. The van der Waals surface area contributed by atoms with Crippen LogP contribution in [-0.4, -0.2) is 24.2 Å². The summed E-state index contributed by atoms with van der Waals surface area (Å²) in [6, 6.07) is 6.94. The fraction of sp³-hybridized carbons (Fsp3) is 0.385. The molecule has 5 heteroatoms. The third-order valence-electron chi connectivity index (χ3n) is 2.33. The van der Waals surface area contributed by atoms with E-state index in [1.807, 2.05) is 19.9 Å². The van der Waals surface area contributed by atoms with Crippen molar-refractivity contribution in [2.45, 2.75) is 13.8 Å². The van der Waals surface area contributed by atoms with Crippen LogP contribution in [0.5, 0.6) is 0 Å². The van der Waals surface area contributed by atoms with E-state index < -0.39 is 5.97 Å². The lowest BCUT2D eigenvalue weighted by Crippen LogP contribution is -2.33. The second-order valence-corrected chi connectivity index (χ2v) is 4.88. The third kappa shape index (κ3) is 3.94. The maximum absolute atomic E-state index is 10.9. The molecule has 0 bridgehead atoms. The highest BCUT2D eigenvalue weighted by atomic mass is 35.5. The van der Waals surface area contributed by atoms with E-state index >= 15 is 0 Å². The summed E-state index contributed by atoms with van der Waals surface area (Å²) in [5.41, 5.74) is 1.00. The highest BCUT2D eigenvalue weighted by Crippen LogP contribution is 2.24. The van der Waals surface area contributed by atoms with E-state index in [9.17, 15) is 4.79 Å². The van der Waals surface area contributed by atoms with Gasteiger partial charge in [-0.25, -0.2) is 0 Å². The first kappa shape index (κ1) is 14.3. The molecule has 96 valence electrons. The number of benzene rings is 1. The molecule has 1 rings (SSSR count). The van der Waals surface area contributed by atoms with Gasteiger partial charge in [-0.2, -0.15) is 5.26 Å². The van der Waals surface area contributed by atoms with Crippen LogP contribution in [0.3, 0.4) is 0 Å². The molecule has 0 radical (unpaired) electrons. The first-order chi connectivity index (χ1) is 8.43. The SMILES string of the molecule is CC(C)CN(CC(=O)O)c1ccc(Cl)cc1C#N. The Morgan fingerprint density at radius 2 is 2.22 bits per heavy atom. The predicted octanol–water partition coefficient (Wildman–Crippen LogP) is 2.76. The zero-order valence-corrected chi connectivity index (χ0v) is 11.1. The average Bonchev–Trinajstić information content (AvgIpc) is 2.26. The van der Waals surface area contributed by atoms with Crippen LogP contribution in [0.4, 0.5) is 5.69 Å². The largest absolute Gasteiger partial charge is 0.480 e. The zero-order valence-electron chi connectivity index (χ0n) is 10.4. The Kier molecular flexibility index (Phi) is 4.99. The van der Waals surface area contributed by atoms with Crippen molar-refractivity contribution in [1.82, 2.24) is 0 Å². The lowest BCUT2D eigenvalue weighted by Gasteiger charge is -2.25. The van der Waals surface area contributed by atoms with Crippen LogP contribution >= 0.6 is 11.6 Å². The lowest BCUT2D eigenvalue weighted by molar-refractivity contribution is -0.135. The number of carboxylic acids is 1. The number of carbonyl (C=O) groups is 1. The summed E-state index contributed by atoms with van der Waals surface area (Å²) in [4.78, 5) is 12.6. The number of nitriles is 1. The predicted molar refractivity (Wildman–Crippen MR) is 70.9 cm³/mol. The van der Waals surface area contributed by atoms with Crippen LogP contribution in [0, 0.1) is 17.2 Å². The van der Waals surface area contributed by atoms with Gasteiger partial charge in [-0.15, -0.1) is 0 Å². The molecule has 0 amide bonds. The zero-order chi connectivity index (χ0) is 13.7. The molecular weight excluding hydrogens is 252 g/mol. The Balaban J connectivity index is 3.12. The van der Waals surface area contributed by atoms with Crippen LogP contribution in [-0.2, 0) is 4.79 Å². The summed E-state index contributed by atoms with van der Waals surface area (Å²) in [6.07, 6.45) is 0. The summed E-state index contributed by atoms with van der Waals surface area (Å²) >= 11 is 5.83. The van der Waals surface area contributed by atoms with Crippen molar-refractivity contribution in [2.75, 3.05) is 18.0 Å². The molecule has 18 heavy (non-hydrogen) atoms. The Hall–Kier alpha value is -1.73.